The van der Waals surface area contributed by atoms with Gasteiger partial charge in [-0.3, -0.25) is 0 Å². The molecule has 3 aliphatic rings. The standard InChI is InChI=1S/C28H36N2O/c1-4-11-21(12-5-1)19-24-20-31-28(29-24)26-18-10-17-25(30-26)27(22-13-6-2-7-14-22)23-15-8-3-9-16-23/h1,4-5,10-12,17-18,22-24,27H,2-3,6-9,13-16,19-20H2. The van der Waals surface area contributed by atoms with Gasteiger partial charge >= 0.3 is 0 Å². The summed E-state index contributed by atoms with van der Waals surface area (Å²) in [6.45, 7) is 0.658. The minimum atomic E-state index is 0.190. The molecule has 3 nitrogen and oxygen atoms in total. The molecule has 0 saturated heterocycles. The average molecular weight is 417 g/mol. The Labute approximate surface area is 187 Å². The summed E-state index contributed by atoms with van der Waals surface area (Å²) in [4.78, 5) is 10.1. The summed E-state index contributed by atoms with van der Waals surface area (Å²) < 4.78 is 6.04. The van der Waals surface area contributed by atoms with E-state index in [4.69, 9.17) is 14.7 Å². The van der Waals surface area contributed by atoms with Crippen LogP contribution in [0.5, 0.6) is 0 Å². The van der Waals surface area contributed by atoms with E-state index in [0.29, 0.717) is 12.5 Å². The van der Waals surface area contributed by atoms with Crippen LogP contribution in [0.2, 0.25) is 0 Å². The first-order valence-corrected chi connectivity index (χ1v) is 12.6. The lowest BCUT2D eigenvalue weighted by Gasteiger charge is -2.37. The normalized spacial score (nSPS) is 23.0. The van der Waals surface area contributed by atoms with Gasteiger partial charge in [-0.05, 0) is 61.6 Å². The second-order valence-electron chi connectivity index (χ2n) is 9.86. The van der Waals surface area contributed by atoms with Gasteiger partial charge in [-0.15, -0.1) is 0 Å². The first kappa shape index (κ1) is 20.7. The number of hydrogen-bond acceptors (Lipinski definition) is 3. The number of benzene rings is 1. The van der Waals surface area contributed by atoms with Crippen molar-refractivity contribution in [3.05, 3.63) is 65.5 Å². The first-order valence-electron chi connectivity index (χ1n) is 12.6. The minimum absolute atomic E-state index is 0.190. The molecular formula is C28H36N2O. The largest absolute Gasteiger partial charge is 0.474 e. The molecule has 1 aromatic carbocycles. The number of hydrogen-bond donors (Lipinski definition) is 0. The van der Waals surface area contributed by atoms with Crippen LogP contribution in [0.1, 0.15) is 87.1 Å². The third-order valence-electron chi connectivity index (χ3n) is 7.67. The van der Waals surface area contributed by atoms with Gasteiger partial charge in [-0.25, -0.2) is 9.98 Å². The molecule has 1 unspecified atom stereocenters. The highest BCUT2D eigenvalue weighted by atomic mass is 16.5. The molecule has 0 N–H and O–H groups in total. The number of rotatable bonds is 6. The predicted molar refractivity (Wildman–Crippen MR) is 127 cm³/mol. The van der Waals surface area contributed by atoms with Gasteiger partial charge in [0.1, 0.15) is 12.3 Å². The third kappa shape index (κ3) is 5.02. The summed E-state index contributed by atoms with van der Waals surface area (Å²) in [7, 11) is 0. The highest BCUT2D eigenvalue weighted by molar-refractivity contribution is 5.93. The van der Waals surface area contributed by atoms with Gasteiger partial charge in [0.15, 0.2) is 0 Å². The van der Waals surface area contributed by atoms with Crippen LogP contribution in [0.3, 0.4) is 0 Å². The van der Waals surface area contributed by atoms with E-state index in [1.807, 2.05) is 0 Å². The molecule has 3 heteroatoms. The third-order valence-corrected chi connectivity index (χ3v) is 7.67. The van der Waals surface area contributed by atoms with E-state index >= 15 is 0 Å². The zero-order chi connectivity index (χ0) is 20.9. The molecule has 0 spiro atoms. The van der Waals surface area contributed by atoms with E-state index in [-0.39, 0.29) is 6.04 Å². The van der Waals surface area contributed by atoms with Crippen molar-refractivity contribution < 1.29 is 4.74 Å². The molecule has 2 heterocycles. The van der Waals surface area contributed by atoms with Crippen LogP contribution in [-0.2, 0) is 11.2 Å². The molecule has 1 aliphatic heterocycles. The molecular weight excluding hydrogens is 380 g/mol. The summed E-state index contributed by atoms with van der Waals surface area (Å²) in [5.74, 6) is 2.96. The van der Waals surface area contributed by atoms with Crippen molar-refractivity contribution in [1.29, 1.82) is 0 Å². The van der Waals surface area contributed by atoms with Crippen molar-refractivity contribution in [3.63, 3.8) is 0 Å². The quantitative estimate of drug-likeness (QED) is 0.524. The Hall–Kier alpha value is -2.16. The lowest BCUT2D eigenvalue weighted by molar-refractivity contribution is 0.199. The van der Waals surface area contributed by atoms with E-state index in [2.05, 4.69) is 48.5 Å². The fraction of sp³-hybridized carbons (Fsp3) is 0.571. The fourth-order valence-electron chi connectivity index (χ4n) is 6.16. The number of ether oxygens (including phenoxy) is 1. The van der Waals surface area contributed by atoms with Crippen LogP contribution in [0.25, 0.3) is 0 Å². The molecule has 0 amide bonds. The van der Waals surface area contributed by atoms with E-state index in [1.54, 1.807) is 0 Å². The zero-order valence-electron chi connectivity index (χ0n) is 18.7. The first-order chi connectivity index (χ1) is 15.4. The van der Waals surface area contributed by atoms with Crippen molar-refractivity contribution in [2.24, 2.45) is 16.8 Å². The molecule has 2 aromatic rings. The molecule has 0 bridgehead atoms. The van der Waals surface area contributed by atoms with Crippen LogP contribution >= 0.6 is 0 Å². The maximum atomic E-state index is 6.04. The lowest BCUT2D eigenvalue weighted by atomic mass is 9.68. The van der Waals surface area contributed by atoms with Gasteiger partial charge in [-0.2, -0.15) is 0 Å². The topological polar surface area (TPSA) is 34.5 Å². The molecule has 1 atom stereocenters. The fourth-order valence-corrected chi connectivity index (χ4v) is 6.16. The Bertz CT molecular complexity index is 848. The van der Waals surface area contributed by atoms with E-state index in [1.165, 1.54) is 75.5 Å². The summed E-state index contributed by atoms with van der Waals surface area (Å²) >= 11 is 0. The molecule has 2 fully saturated rings. The molecule has 0 radical (unpaired) electrons. The second kappa shape index (κ2) is 9.97. The Morgan fingerprint density at radius 3 is 2.13 bits per heavy atom. The molecule has 2 aliphatic carbocycles. The van der Waals surface area contributed by atoms with Crippen LogP contribution in [-0.4, -0.2) is 23.5 Å². The summed E-state index contributed by atoms with van der Waals surface area (Å²) in [6.07, 6.45) is 14.8. The van der Waals surface area contributed by atoms with Crippen LogP contribution in [0, 0.1) is 11.8 Å². The summed E-state index contributed by atoms with van der Waals surface area (Å²) in [5.41, 5.74) is 3.55. The van der Waals surface area contributed by atoms with Crippen molar-refractivity contribution in [2.45, 2.75) is 82.6 Å². The highest BCUT2D eigenvalue weighted by Crippen LogP contribution is 2.45. The van der Waals surface area contributed by atoms with Gasteiger partial charge in [-0.1, -0.05) is 74.9 Å². The van der Waals surface area contributed by atoms with Crippen molar-refractivity contribution >= 4 is 5.90 Å². The van der Waals surface area contributed by atoms with Crippen molar-refractivity contribution in [2.75, 3.05) is 6.61 Å². The number of nitrogens with zero attached hydrogens (tertiary/aromatic N) is 2. The molecule has 1 aromatic heterocycles. The predicted octanol–water partition coefficient (Wildman–Crippen LogP) is 6.71. The SMILES string of the molecule is c1ccc(CC2COC(c3cccc(C(C4CCCCC4)C4CCCCC4)n3)=N2)cc1. The van der Waals surface area contributed by atoms with Crippen LogP contribution in [0.15, 0.2) is 53.5 Å². The maximum Gasteiger partial charge on any atom is 0.235 e. The van der Waals surface area contributed by atoms with Crippen molar-refractivity contribution in [1.82, 2.24) is 4.98 Å². The second-order valence-corrected chi connectivity index (χ2v) is 9.86. The van der Waals surface area contributed by atoms with Crippen LogP contribution < -0.4 is 0 Å². The molecule has 2 saturated carbocycles. The van der Waals surface area contributed by atoms with Gasteiger partial charge in [0, 0.05) is 11.6 Å². The Morgan fingerprint density at radius 1 is 0.774 bits per heavy atom. The number of aromatic nitrogens is 1. The van der Waals surface area contributed by atoms with Crippen LogP contribution in [0.4, 0.5) is 0 Å². The number of pyridine rings is 1. The maximum absolute atomic E-state index is 6.04. The minimum Gasteiger partial charge on any atom is -0.474 e. The highest BCUT2D eigenvalue weighted by Gasteiger charge is 2.34. The number of aliphatic imine (C=N–C) groups is 1. The Morgan fingerprint density at radius 2 is 1.45 bits per heavy atom. The molecule has 5 rings (SSSR count). The summed E-state index contributed by atoms with van der Waals surface area (Å²) in [5, 5.41) is 0. The van der Waals surface area contributed by atoms with E-state index in [9.17, 15) is 0 Å². The van der Waals surface area contributed by atoms with Gasteiger partial charge in [0.25, 0.3) is 0 Å². The monoisotopic (exact) mass is 416 g/mol. The van der Waals surface area contributed by atoms with Gasteiger partial charge in [0.05, 0.1) is 6.04 Å². The van der Waals surface area contributed by atoms with Gasteiger partial charge < -0.3 is 4.74 Å². The smallest absolute Gasteiger partial charge is 0.235 e. The molecule has 164 valence electrons. The lowest BCUT2D eigenvalue weighted by Crippen LogP contribution is -2.26. The van der Waals surface area contributed by atoms with E-state index in [0.717, 1.165) is 29.8 Å². The Kier molecular flexibility index (Phi) is 6.67. The van der Waals surface area contributed by atoms with E-state index < -0.39 is 0 Å². The average Bonchev–Trinajstić information content (AvgIpc) is 3.30. The zero-order valence-corrected chi connectivity index (χ0v) is 18.7. The summed E-state index contributed by atoms with van der Waals surface area (Å²) in [6, 6.07) is 17.3. The Balaban J connectivity index is 1.36. The molecule has 31 heavy (non-hydrogen) atoms. The van der Waals surface area contributed by atoms with Crippen molar-refractivity contribution in [3.8, 4) is 0 Å². The van der Waals surface area contributed by atoms with Gasteiger partial charge in [0.2, 0.25) is 5.90 Å².